The molecule has 0 aliphatic carbocycles. The standard InChI is InChI=1S/C17H15ClN2O/c1-11-13(12-6-2-4-8-15(12)19-11)10-17(21)20-16-9-5-3-7-14(16)18/h2-9,19H,10H2,1H3,(H,20,21). The van der Waals surface area contributed by atoms with E-state index in [1.807, 2.05) is 43.3 Å². The molecule has 0 saturated carbocycles. The third kappa shape index (κ3) is 2.78. The molecular formula is C17H15ClN2O. The molecule has 106 valence electrons. The Balaban J connectivity index is 1.84. The van der Waals surface area contributed by atoms with Crippen LogP contribution in [0.15, 0.2) is 48.5 Å². The monoisotopic (exact) mass is 298 g/mol. The number of carbonyl (C=O) groups is 1. The maximum Gasteiger partial charge on any atom is 0.228 e. The topological polar surface area (TPSA) is 44.9 Å². The van der Waals surface area contributed by atoms with Crippen LogP contribution >= 0.6 is 11.6 Å². The number of carbonyl (C=O) groups excluding carboxylic acids is 1. The number of aryl methyl sites for hydroxylation is 1. The molecule has 4 heteroatoms. The number of aromatic amines is 1. The molecule has 0 radical (unpaired) electrons. The number of para-hydroxylation sites is 2. The number of H-pyrrole nitrogens is 1. The van der Waals surface area contributed by atoms with Gasteiger partial charge in [-0.2, -0.15) is 0 Å². The van der Waals surface area contributed by atoms with Gasteiger partial charge in [-0.1, -0.05) is 41.9 Å². The highest BCUT2D eigenvalue weighted by molar-refractivity contribution is 6.33. The van der Waals surface area contributed by atoms with E-state index in [1.165, 1.54) is 0 Å². The quantitative estimate of drug-likeness (QED) is 0.743. The van der Waals surface area contributed by atoms with Gasteiger partial charge in [0.1, 0.15) is 0 Å². The fourth-order valence-corrected chi connectivity index (χ4v) is 2.66. The van der Waals surface area contributed by atoms with Gasteiger partial charge >= 0.3 is 0 Å². The fourth-order valence-electron chi connectivity index (χ4n) is 2.48. The number of hydrogen-bond donors (Lipinski definition) is 2. The van der Waals surface area contributed by atoms with Crippen LogP contribution in [-0.2, 0) is 11.2 Å². The van der Waals surface area contributed by atoms with Gasteiger partial charge < -0.3 is 10.3 Å². The van der Waals surface area contributed by atoms with Crippen molar-refractivity contribution in [2.75, 3.05) is 5.32 Å². The van der Waals surface area contributed by atoms with Crippen LogP contribution in [-0.4, -0.2) is 10.9 Å². The van der Waals surface area contributed by atoms with Gasteiger partial charge in [-0.3, -0.25) is 4.79 Å². The fraction of sp³-hybridized carbons (Fsp3) is 0.118. The Kier molecular flexibility index (Phi) is 3.67. The van der Waals surface area contributed by atoms with Crippen LogP contribution in [0.3, 0.4) is 0 Å². The number of fused-ring (bicyclic) bond motifs is 1. The lowest BCUT2D eigenvalue weighted by atomic mass is 10.1. The zero-order chi connectivity index (χ0) is 14.8. The lowest BCUT2D eigenvalue weighted by Crippen LogP contribution is -2.15. The van der Waals surface area contributed by atoms with Gasteiger partial charge in [-0.05, 0) is 30.7 Å². The molecule has 0 aliphatic rings. The Morgan fingerprint density at radius 3 is 2.67 bits per heavy atom. The summed E-state index contributed by atoms with van der Waals surface area (Å²) in [7, 11) is 0. The first-order chi connectivity index (χ1) is 10.1. The van der Waals surface area contributed by atoms with Crippen LogP contribution in [0.4, 0.5) is 5.69 Å². The van der Waals surface area contributed by atoms with Crippen LogP contribution in [0, 0.1) is 6.92 Å². The van der Waals surface area contributed by atoms with E-state index in [0.29, 0.717) is 17.1 Å². The molecular weight excluding hydrogens is 284 g/mol. The molecule has 0 unspecified atom stereocenters. The molecule has 0 spiro atoms. The minimum atomic E-state index is -0.0732. The van der Waals surface area contributed by atoms with Crippen molar-refractivity contribution in [1.29, 1.82) is 0 Å². The molecule has 0 saturated heterocycles. The minimum Gasteiger partial charge on any atom is -0.358 e. The van der Waals surface area contributed by atoms with Crippen molar-refractivity contribution >= 4 is 34.1 Å². The van der Waals surface area contributed by atoms with E-state index < -0.39 is 0 Å². The third-order valence-electron chi connectivity index (χ3n) is 3.51. The van der Waals surface area contributed by atoms with E-state index in [1.54, 1.807) is 12.1 Å². The average Bonchev–Trinajstić information content (AvgIpc) is 2.78. The number of rotatable bonds is 3. The summed E-state index contributed by atoms with van der Waals surface area (Å²) >= 11 is 6.06. The first-order valence-electron chi connectivity index (χ1n) is 6.75. The second-order valence-corrected chi connectivity index (χ2v) is 5.39. The molecule has 0 bridgehead atoms. The second kappa shape index (κ2) is 5.62. The predicted octanol–water partition coefficient (Wildman–Crippen LogP) is 4.31. The largest absolute Gasteiger partial charge is 0.358 e. The highest BCUT2D eigenvalue weighted by Crippen LogP contribution is 2.24. The van der Waals surface area contributed by atoms with E-state index in [4.69, 9.17) is 11.6 Å². The molecule has 0 fully saturated rings. The minimum absolute atomic E-state index is 0.0732. The van der Waals surface area contributed by atoms with Crippen molar-refractivity contribution < 1.29 is 4.79 Å². The van der Waals surface area contributed by atoms with Gasteiger partial charge in [0.15, 0.2) is 0 Å². The summed E-state index contributed by atoms with van der Waals surface area (Å²) in [6.07, 6.45) is 0.321. The Morgan fingerprint density at radius 2 is 1.86 bits per heavy atom. The van der Waals surface area contributed by atoms with Crippen LogP contribution in [0.25, 0.3) is 10.9 Å². The summed E-state index contributed by atoms with van der Waals surface area (Å²) in [4.78, 5) is 15.5. The van der Waals surface area contributed by atoms with Crippen molar-refractivity contribution in [2.45, 2.75) is 13.3 Å². The number of amides is 1. The Morgan fingerprint density at radius 1 is 1.14 bits per heavy atom. The smallest absolute Gasteiger partial charge is 0.228 e. The molecule has 1 aromatic heterocycles. The van der Waals surface area contributed by atoms with Gasteiger partial charge in [-0.15, -0.1) is 0 Å². The SMILES string of the molecule is Cc1[nH]c2ccccc2c1CC(=O)Nc1ccccc1Cl. The average molecular weight is 299 g/mol. The highest BCUT2D eigenvalue weighted by Gasteiger charge is 2.13. The van der Waals surface area contributed by atoms with E-state index in [-0.39, 0.29) is 5.91 Å². The molecule has 1 heterocycles. The summed E-state index contributed by atoms with van der Waals surface area (Å²) in [6, 6.07) is 15.2. The summed E-state index contributed by atoms with van der Waals surface area (Å²) in [5.41, 5.74) is 3.73. The van der Waals surface area contributed by atoms with Crippen LogP contribution in [0.1, 0.15) is 11.3 Å². The zero-order valence-corrected chi connectivity index (χ0v) is 12.4. The lowest BCUT2D eigenvalue weighted by molar-refractivity contribution is -0.115. The second-order valence-electron chi connectivity index (χ2n) is 4.98. The molecule has 3 nitrogen and oxygen atoms in total. The normalized spacial score (nSPS) is 10.8. The van der Waals surface area contributed by atoms with E-state index >= 15 is 0 Å². The van der Waals surface area contributed by atoms with E-state index in [9.17, 15) is 4.79 Å². The molecule has 2 aromatic carbocycles. The Hall–Kier alpha value is -2.26. The maximum absolute atomic E-state index is 12.2. The highest BCUT2D eigenvalue weighted by atomic mass is 35.5. The van der Waals surface area contributed by atoms with Gasteiger partial charge in [0.2, 0.25) is 5.91 Å². The molecule has 3 aromatic rings. The van der Waals surface area contributed by atoms with Gasteiger partial charge in [0.05, 0.1) is 17.1 Å². The summed E-state index contributed by atoms with van der Waals surface area (Å²) in [5, 5.41) is 4.49. The molecule has 21 heavy (non-hydrogen) atoms. The lowest BCUT2D eigenvalue weighted by Gasteiger charge is -2.07. The number of nitrogens with one attached hydrogen (secondary N) is 2. The maximum atomic E-state index is 12.2. The van der Waals surface area contributed by atoms with Gasteiger partial charge in [-0.25, -0.2) is 0 Å². The summed E-state index contributed by atoms with van der Waals surface area (Å²) in [5.74, 6) is -0.0732. The van der Waals surface area contributed by atoms with Crippen molar-refractivity contribution in [3.05, 3.63) is 64.8 Å². The third-order valence-corrected chi connectivity index (χ3v) is 3.84. The number of anilines is 1. The van der Waals surface area contributed by atoms with Crippen LogP contribution in [0.5, 0.6) is 0 Å². The number of aromatic nitrogens is 1. The Bertz CT molecular complexity index is 807. The molecule has 0 aliphatic heterocycles. The zero-order valence-electron chi connectivity index (χ0n) is 11.6. The van der Waals surface area contributed by atoms with Crippen LogP contribution < -0.4 is 5.32 Å². The number of halogens is 1. The first-order valence-corrected chi connectivity index (χ1v) is 7.13. The van der Waals surface area contributed by atoms with Crippen molar-refractivity contribution in [3.8, 4) is 0 Å². The van der Waals surface area contributed by atoms with E-state index in [0.717, 1.165) is 22.2 Å². The van der Waals surface area contributed by atoms with Crippen molar-refractivity contribution in [3.63, 3.8) is 0 Å². The van der Waals surface area contributed by atoms with Gasteiger partial charge in [0, 0.05) is 16.6 Å². The Labute approximate surface area is 127 Å². The summed E-state index contributed by atoms with van der Waals surface area (Å²) < 4.78 is 0. The number of benzene rings is 2. The predicted molar refractivity (Wildman–Crippen MR) is 86.8 cm³/mol. The molecule has 0 atom stereocenters. The van der Waals surface area contributed by atoms with Crippen molar-refractivity contribution in [1.82, 2.24) is 4.98 Å². The molecule has 3 rings (SSSR count). The van der Waals surface area contributed by atoms with Crippen LogP contribution in [0.2, 0.25) is 5.02 Å². The summed E-state index contributed by atoms with van der Waals surface area (Å²) in [6.45, 7) is 1.98. The van der Waals surface area contributed by atoms with Crippen molar-refractivity contribution in [2.24, 2.45) is 0 Å². The molecule has 2 N–H and O–H groups in total. The van der Waals surface area contributed by atoms with E-state index in [2.05, 4.69) is 10.3 Å². The number of hydrogen-bond acceptors (Lipinski definition) is 1. The molecule has 1 amide bonds. The first kappa shape index (κ1) is 13.7. The van der Waals surface area contributed by atoms with Gasteiger partial charge in [0.25, 0.3) is 0 Å².